The monoisotopic (exact) mass is 163 g/mol. The summed E-state index contributed by atoms with van der Waals surface area (Å²) in [6.07, 6.45) is 0.222. The van der Waals surface area contributed by atoms with Gasteiger partial charge in [-0.1, -0.05) is 22.5 Å². The summed E-state index contributed by atoms with van der Waals surface area (Å²) >= 11 is 2.98. The lowest BCUT2D eigenvalue weighted by atomic mass is 10.4. The number of halogens is 1. The van der Waals surface area contributed by atoms with Crippen molar-refractivity contribution in [2.24, 2.45) is 5.73 Å². The summed E-state index contributed by atoms with van der Waals surface area (Å²) in [6, 6.07) is 0. The van der Waals surface area contributed by atoms with Crippen LogP contribution in [-0.2, 0) is 4.79 Å². The van der Waals surface area contributed by atoms with E-state index < -0.39 is 0 Å². The molecule has 2 nitrogen and oxygen atoms in total. The second-order valence-corrected chi connectivity index (χ2v) is 2.28. The van der Waals surface area contributed by atoms with Crippen LogP contribution in [0.25, 0.3) is 0 Å². The van der Waals surface area contributed by atoms with Crippen LogP contribution in [-0.4, -0.2) is 5.91 Å². The molecule has 0 aliphatic heterocycles. The number of hydrogen-bond donors (Lipinski definition) is 1. The number of carbonyl (C=O) groups excluding carboxylic acids is 1. The average molecular weight is 164 g/mol. The molecule has 0 aliphatic carbocycles. The van der Waals surface area contributed by atoms with Crippen molar-refractivity contribution in [2.75, 3.05) is 0 Å². The van der Waals surface area contributed by atoms with Gasteiger partial charge in [0.05, 0.1) is 6.42 Å². The highest BCUT2D eigenvalue weighted by Gasteiger charge is 1.91. The van der Waals surface area contributed by atoms with Crippen LogP contribution in [0.15, 0.2) is 11.1 Å². The van der Waals surface area contributed by atoms with Crippen molar-refractivity contribution in [1.29, 1.82) is 0 Å². The molecule has 40 valence electrons. The summed E-state index contributed by atoms with van der Waals surface area (Å²) in [6.45, 7) is 3.41. The maximum atomic E-state index is 9.94. The Morgan fingerprint density at radius 1 is 1.86 bits per heavy atom. The van der Waals surface area contributed by atoms with E-state index in [1.807, 2.05) is 0 Å². The Hall–Kier alpha value is -0.310. The normalized spacial score (nSPS) is 8.14. The second kappa shape index (κ2) is 2.80. The first-order chi connectivity index (χ1) is 3.13. The molecule has 0 aliphatic rings. The maximum Gasteiger partial charge on any atom is 0.222 e. The minimum absolute atomic E-state index is 0.222. The molecule has 1 amide bonds. The fourth-order valence-corrected chi connectivity index (χ4v) is 0.465. The predicted octanol–water partition coefficient (Wildman–Crippen LogP) is 0.770. The van der Waals surface area contributed by atoms with E-state index in [0.717, 1.165) is 0 Å². The largest absolute Gasteiger partial charge is 0.369 e. The highest BCUT2D eigenvalue weighted by molar-refractivity contribution is 9.11. The van der Waals surface area contributed by atoms with Gasteiger partial charge in [-0.15, -0.1) is 0 Å². The van der Waals surface area contributed by atoms with Gasteiger partial charge in [-0.05, 0) is 4.48 Å². The summed E-state index contributed by atoms with van der Waals surface area (Å²) in [4.78, 5) is 9.94. The quantitative estimate of drug-likeness (QED) is 0.643. The van der Waals surface area contributed by atoms with Crippen LogP contribution in [0, 0.1) is 0 Å². The Kier molecular flexibility index (Phi) is 2.67. The van der Waals surface area contributed by atoms with Crippen molar-refractivity contribution in [3.05, 3.63) is 11.1 Å². The number of hydrogen-bond acceptors (Lipinski definition) is 1. The van der Waals surface area contributed by atoms with E-state index in [1.54, 1.807) is 0 Å². The Morgan fingerprint density at radius 3 is 2.29 bits per heavy atom. The first kappa shape index (κ1) is 6.69. The van der Waals surface area contributed by atoms with Crippen LogP contribution in [0.4, 0.5) is 0 Å². The van der Waals surface area contributed by atoms with Gasteiger partial charge in [0.15, 0.2) is 0 Å². The summed E-state index contributed by atoms with van der Waals surface area (Å²) in [7, 11) is 0. The molecular formula is C4H6BrNO. The highest BCUT2D eigenvalue weighted by Crippen LogP contribution is 2.03. The zero-order valence-electron chi connectivity index (χ0n) is 3.78. The van der Waals surface area contributed by atoms with Gasteiger partial charge in [0.2, 0.25) is 5.91 Å². The van der Waals surface area contributed by atoms with Crippen molar-refractivity contribution in [3.8, 4) is 0 Å². The number of carbonyl (C=O) groups is 1. The highest BCUT2D eigenvalue weighted by atomic mass is 79.9. The van der Waals surface area contributed by atoms with Crippen molar-refractivity contribution in [2.45, 2.75) is 6.42 Å². The third-order valence-corrected chi connectivity index (χ3v) is 0.646. The fourth-order valence-electron chi connectivity index (χ4n) is 0.189. The van der Waals surface area contributed by atoms with Crippen LogP contribution in [0.2, 0.25) is 0 Å². The maximum absolute atomic E-state index is 9.94. The summed E-state index contributed by atoms with van der Waals surface area (Å²) in [5.74, 6) is -0.359. The number of primary amides is 1. The van der Waals surface area contributed by atoms with E-state index in [0.29, 0.717) is 4.48 Å². The van der Waals surface area contributed by atoms with E-state index in [4.69, 9.17) is 5.73 Å². The van der Waals surface area contributed by atoms with Gasteiger partial charge < -0.3 is 5.73 Å². The van der Waals surface area contributed by atoms with E-state index in [2.05, 4.69) is 22.5 Å². The van der Waals surface area contributed by atoms with Crippen LogP contribution < -0.4 is 5.73 Å². The average Bonchev–Trinajstić information content (AvgIpc) is 1.27. The molecule has 0 aromatic rings. The topological polar surface area (TPSA) is 43.1 Å². The van der Waals surface area contributed by atoms with E-state index in [9.17, 15) is 4.79 Å². The molecule has 0 fully saturated rings. The van der Waals surface area contributed by atoms with Gasteiger partial charge in [0, 0.05) is 0 Å². The SMILES string of the molecule is C=C(Br)CC(N)=O. The van der Waals surface area contributed by atoms with Crippen molar-refractivity contribution < 1.29 is 4.79 Å². The van der Waals surface area contributed by atoms with Crippen molar-refractivity contribution in [3.63, 3.8) is 0 Å². The molecule has 0 saturated carbocycles. The Bertz CT molecular complexity index is 87.9. The van der Waals surface area contributed by atoms with E-state index >= 15 is 0 Å². The summed E-state index contributed by atoms with van der Waals surface area (Å²) < 4.78 is 0.625. The first-order valence-corrected chi connectivity index (χ1v) is 2.54. The number of nitrogens with two attached hydrogens (primary N) is 1. The zero-order chi connectivity index (χ0) is 5.86. The molecule has 0 atom stereocenters. The smallest absolute Gasteiger partial charge is 0.222 e. The van der Waals surface area contributed by atoms with Gasteiger partial charge in [-0.3, -0.25) is 4.79 Å². The standard InChI is InChI=1S/C4H6BrNO/c1-3(5)2-4(6)7/h1-2H2,(H2,6,7). The molecule has 0 aromatic carbocycles. The molecule has 0 unspecified atom stereocenters. The minimum atomic E-state index is -0.359. The fraction of sp³-hybridized carbons (Fsp3) is 0.250. The van der Waals surface area contributed by atoms with Crippen LogP contribution >= 0.6 is 15.9 Å². The van der Waals surface area contributed by atoms with Crippen LogP contribution in [0.1, 0.15) is 6.42 Å². The molecule has 0 aromatic heterocycles. The van der Waals surface area contributed by atoms with Gasteiger partial charge in [-0.2, -0.15) is 0 Å². The molecule has 0 rings (SSSR count). The molecule has 0 heterocycles. The molecule has 0 radical (unpaired) electrons. The first-order valence-electron chi connectivity index (χ1n) is 1.74. The van der Waals surface area contributed by atoms with Gasteiger partial charge >= 0.3 is 0 Å². The third kappa shape index (κ3) is 5.69. The number of amides is 1. The second-order valence-electron chi connectivity index (χ2n) is 1.16. The molecular weight excluding hydrogens is 158 g/mol. The Morgan fingerprint density at radius 2 is 2.29 bits per heavy atom. The third-order valence-electron chi connectivity index (χ3n) is 0.366. The van der Waals surface area contributed by atoms with Gasteiger partial charge in [0.25, 0.3) is 0 Å². The molecule has 3 heteroatoms. The van der Waals surface area contributed by atoms with Crippen LogP contribution in [0.5, 0.6) is 0 Å². The van der Waals surface area contributed by atoms with Crippen molar-refractivity contribution >= 4 is 21.8 Å². The molecule has 0 saturated heterocycles. The number of rotatable bonds is 2. The Labute approximate surface area is 50.5 Å². The predicted molar refractivity (Wildman–Crippen MR) is 31.9 cm³/mol. The summed E-state index contributed by atoms with van der Waals surface area (Å²) in [5, 5.41) is 0. The molecule has 0 bridgehead atoms. The summed E-state index contributed by atoms with van der Waals surface area (Å²) in [5.41, 5.74) is 4.76. The lowest BCUT2D eigenvalue weighted by Crippen LogP contribution is -2.09. The van der Waals surface area contributed by atoms with E-state index in [1.165, 1.54) is 0 Å². The van der Waals surface area contributed by atoms with E-state index in [-0.39, 0.29) is 12.3 Å². The Balaban J connectivity index is 3.32. The van der Waals surface area contributed by atoms with Crippen LogP contribution in [0.3, 0.4) is 0 Å². The minimum Gasteiger partial charge on any atom is -0.369 e. The molecule has 0 spiro atoms. The zero-order valence-corrected chi connectivity index (χ0v) is 5.36. The van der Waals surface area contributed by atoms with Gasteiger partial charge in [-0.25, -0.2) is 0 Å². The lowest BCUT2D eigenvalue weighted by Gasteiger charge is -1.85. The molecule has 2 N–H and O–H groups in total. The molecule has 7 heavy (non-hydrogen) atoms. The van der Waals surface area contributed by atoms with Gasteiger partial charge in [0.1, 0.15) is 0 Å². The lowest BCUT2D eigenvalue weighted by molar-refractivity contribution is -0.117. The van der Waals surface area contributed by atoms with Crippen molar-refractivity contribution in [1.82, 2.24) is 0 Å².